The molecule has 0 saturated heterocycles. The van der Waals surface area contributed by atoms with Crippen molar-refractivity contribution in [1.29, 1.82) is 0 Å². The second-order valence-electron chi connectivity index (χ2n) is 4.30. The van der Waals surface area contributed by atoms with Gasteiger partial charge in [-0.2, -0.15) is 11.8 Å². The highest BCUT2D eigenvalue weighted by molar-refractivity contribution is 7.98. The van der Waals surface area contributed by atoms with Crippen LogP contribution in [0.15, 0.2) is 24.3 Å². The lowest BCUT2D eigenvalue weighted by molar-refractivity contribution is 0.0758. The number of anilines is 1. The van der Waals surface area contributed by atoms with Crippen LogP contribution >= 0.6 is 11.8 Å². The molecule has 1 aromatic rings. The number of para-hydroxylation sites is 1. The number of carbonyl (C=O) groups excluding carboxylic acids is 1. The number of hydrogen-bond acceptors (Lipinski definition) is 3. The van der Waals surface area contributed by atoms with E-state index in [4.69, 9.17) is 0 Å². The molecule has 0 aliphatic heterocycles. The van der Waals surface area contributed by atoms with E-state index in [1.807, 2.05) is 43.1 Å². The van der Waals surface area contributed by atoms with Gasteiger partial charge in [-0.25, -0.2) is 0 Å². The van der Waals surface area contributed by atoms with Crippen molar-refractivity contribution in [2.24, 2.45) is 0 Å². The van der Waals surface area contributed by atoms with Gasteiger partial charge >= 0.3 is 0 Å². The van der Waals surface area contributed by atoms with Gasteiger partial charge in [-0.15, -0.1) is 0 Å². The summed E-state index contributed by atoms with van der Waals surface area (Å²) in [5.74, 6) is 1.03. The summed E-state index contributed by atoms with van der Waals surface area (Å²) in [7, 11) is 1.87. The summed E-state index contributed by atoms with van der Waals surface area (Å²) in [6.45, 7) is 4.92. The third-order valence-corrected chi connectivity index (χ3v) is 3.73. The Hall–Kier alpha value is -1.16. The summed E-state index contributed by atoms with van der Waals surface area (Å²) in [5.41, 5.74) is 1.66. The Labute approximate surface area is 114 Å². The van der Waals surface area contributed by atoms with Crippen LogP contribution in [0.2, 0.25) is 0 Å². The van der Waals surface area contributed by atoms with Crippen molar-refractivity contribution in [3.8, 4) is 0 Å². The second-order valence-corrected chi connectivity index (χ2v) is 5.21. The summed E-state index contributed by atoms with van der Waals surface area (Å²) >= 11 is 1.76. The smallest absolute Gasteiger partial charge is 0.255 e. The van der Waals surface area contributed by atoms with Crippen LogP contribution in [0.3, 0.4) is 0 Å². The van der Waals surface area contributed by atoms with E-state index >= 15 is 0 Å². The second kappa shape index (κ2) is 7.31. The van der Waals surface area contributed by atoms with Gasteiger partial charge in [0.2, 0.25) is 0 Å². The Morgan fingerprint density at radius 1 is 1.44 bits per heavy atom. The Bertz CT molecular complexity index is 395. The Morgan fingerprint density at radius 2 is 2.11 bits per heavy atom. The maximum atomic E-state index is 12.4. The highest BCUT2D eigenvalue weighted by atomic mass is 32.2. The van der Waals surface area contributed by atoms with E-state index in [1.54, 1.807) is 11.8 Å². The van der Waals surface area contributed by atoms with Crippen LogP contribution in [0.1, 0.15) is 24.2 Å². The van der Waals surface area contributed by atoms with Crippen LogP contribution in [-0.2, 0) is 0 Å². The largest absolute Gasteiger partial charge is 0.385 e. The average molecular weight is 266 g/mol. The van der Waals surface area contributed by atoms with Crippen molar-refractivity contribution in [2.45, 2.75) is 19.9 Å². The lowest BCUT2D eigenvalue weighted by Crippen LogP contribution is -2.36. The molecule has 1 rings (SSSR count). The van der Waals surface area contributed by atoms with Gasteiger partial charge in [0.05, 0.1) is 5.56 Å². The van der Waals surface area contributed by atoms with Crippen LogP contribution in [0.4, 0.5) is 5.69 Å². The lowest BCUT2D eigenvalue weighted by Gasteiger charge is -2.25. The fourth-order valence-electron chi connectivity index (χ4n) is 1.76. The summed E-state index contributed by atoms with van der Waals surface area (Å²) in [6, 6.07) is 7.91. The molecule has 1 atom stereocenters. The monoisotopic (exact) mass is 266 g/mol. The molecule has 1 N–H and O–H groups in total. The molecule has 0 aromatic heterocycles. The molecule has 1 amide bonds. The zero-order chi connectivity index (χ0) is 13.5. The van der Waals surface area contributed by atoms with Crippen molar-refractivity contribution in [3.63, 3.8) is 0 Å². The van der Waals surface area contributed by atoms with E-state index in [9.17, 15) is 4.79 Å². The molecule has 1 unspecified atom stereocenters. The minimum atomic E-state index is 0.0769. The molecule has 0 spiro atoms. The van der Waals surface area contributed by atoms with Crippen LogP contribution in [-0.4, -0.2) is 42.4 Å². The molecular formula is C14H22N2OS. The summed E-state index contributed by atoms with van der Waals surface area (Å²) in [5, 5.41) is 3.23. The van der Waals surface area contributed by atoms with Gasteiger partial charge in [-0.1, -0.05) is 12.1 Å². The van der Waals surface area contributed by atoms with Crippen molar-refractivity contribution in [1.82, 2.24) is 4.90 Å². The first kappa shape index (κ1) is 14.9. The number of amides is 1. The van der Waals surface area contributed by atoms with E-state index < -0.39 is 0 Å². The molecular weight excluding hydrogens is 244 g/mol. The van der Waals surface area contributed by atoms with Crippen LogP contribution in [0.5, 0.6) is 0 Å². The van der Waals surface area contributed by atoms with Crippen molar-refractivity contribution >= 4 is 23.4 Å². The van der Waals surface area contributed by atoms with E-state index in [-0.39, 0.29) is 11.9 Å². The molecule has 0 heterocycles. The van der Waals surface area contributed by atoms with Crippen LogP contribution in [0.25, 0.3) is 0 Å². The summed E-state index contributed by atoms with van der Waals surface area (Å²) < 4.78 is 0. The fraction of sp³-hybridized carbons (Fsp3) is 0.500. The zero-order valence-electron chi connectivity index (χ0n) is 11.6. The number of nitrogens with one attached hydrogen (secondary N) is 1. The maximum Gasteiger partial charge on any atom is 0.255 e. The Morgan fingerprint density at radius 3 is 2.72 bits per heavy atom. The summed E-state index contributed by atoms with van der Waals surface area (Å²) in [6.07, 6.45) is 2.06. The zero-order valence-corrected chi connectivity index (χ0v) is 12.4. The maximum absolute atomic E-state index is 12.4. The van der Waals surface area contributed by atoms with E-state index in [0.29, 0.717) is 0 Å². The van der Waals surface area contributed by atoms with Crippen LogP contribution < -0.4 is 5.32 Å². The van der Waals surface area contributed by atoms with Crippen molar-refractivity contribution in [2.75, 3.05) is 30.9 Å². The third kappa shape index (κ3) is 3.67. The van der Waals surface area contributed by atoms with E-state index in [2.05, 4.69) is 18.5 Å². The highest BCUT2D eigenvalue weighted by Gasteiger charge is 2.19. The molecule has 0 fully saturated rings. The first-order valence-corrected chi connectivity index (χ1v) is 7.60. The van der Waals surface area contributed by atoms with Gasteiger partial charge < -0.3 is 10.2 Å². The Kier molecular flexibility index (Phi) is 6.05. The standard InChI is InChI=1S/C14H22N2OS/c1-5-15-13-9-7-6-8-12(13)14(17)16(3)11(2)10-18-4/h6-9,11,15H,5,10H2,1-4H3. The predicted octanol–water partition coefficient (Wildman–Crippen LogP) is 2.94. The lowest BCUT2D eigenvalue weighted by atomic mass is 10.1. The highest BCUT2D eigenvalue weighted by Crippen LogP contribution is 2.18. The number of rotatable bonds is 6. The molecule has 0 radical (unpaired) electrons. The number of nitrogens with zero attached hydrogens (tertiary/aromatic N) is 1. The van der Waals surface area contributed by atoms with Gasteiger partial charge in [0.15, 0.2) is 0 Å². The topological polar surface area (TPSA) is 32.3 Å². The molecule has 0 aliphatic rings. The molecule has 3 nitrogen and oxygen atoms in total. The van der Waals surface area contributed by atoms with Gasteiger partial charge in [0.1, 0.15) is 0 Å². The third-order valence-electron chi connectivity index (χ3n) is 2.91. The molecule has 0 bridgehead atoms. The van der Waals surface area contributed by atoms with Gasteiger partial charge in [0, 0.05) is 31.1 Å². The minimum absolute atomic E-state index is 0.0769. The van der Waals surface area contributed by atoms with Gasteiger partial charge in [0.25, 0.3) is 5.91 Å². The molecule has 0 saturated carbocycles. The SMILES string of the molecule is CCNc1ccccc1C(=O)N(C)C(C)CSC. The number of hydrogen-bond donors (Lipinski definition) is 1. The average Bonchev–Trinajstić information content (AvgIpc) is 2.38. The molecule has 0 aliphatic carbocycles. The van der Waals surface area contributed by atoms with E-state index in [0.717, 1.165) is 23.5 Å². The normalized spacial score (nSPS) is 12.0. The fourth-order valence-corrected chi connectivity index (χ4v) is 2.46. The number of thioether (sulfide) groups is 1. The number of carbonyl (C=O) groups is 1. The summed E-state index contributed by atoms with van der Waals surface area (Å²) in [4.78, 5) is 14.2. The Balaban J connectivity index is 2.89. The quantitative estimate of drug-likeness (QED) is 0.859. The first-order valence-electron chi connectivity index (χ1n) is 6.20. The molecule has 4 heteroatoms. The van der Waals surface area contributed by atoms with Crippen LogP contribution in [0, 0.1) is 0 Å². The molecule has 1 aromatic carbocycles. The van der Waals surface area contributed by atoms with Crippen molar-refractivity contribution < 1.29 is 4.79 Å². The van der Waals surface area contributed by atoms with Gasteiger partial charge in [-0.05, 0) is 32.2 Å². The van der Waals surface area contributed by atoms with Gasteiger partial charge in [-0.3, -0.25) is 4.79 Å². The number of benzene rings is 1. The predicted molar refractivity (Wildman–Crippen MR) is 80.5 cm³/mol. The van der Waals surface area contributed by atoms with E-state index in [1.165, 1.54) is 0 Å². The first-order chi connectivity index (χ1) is 8.61. The molecule has 18 heavy (non-hydrogen) atoms. The van der Waals surface area contributed by atoms with Crippen molar-refractivity contribution in [3.05, 3.63) is 29.8 Å². The minimum Gasteiger partial charge on any atom is -0.385 e. The molecule has 100 valence electrons.